The van der Waals surface area contributed by atoms with Gasteiger partial charge in [0, 0.05) is 7.12 Å². The molecule has 0 radical (unpaired) electrons. The van der Waals surface area contributed by atoms with E-state index in [0.717, 1.165) is 0 Å². The fourth-order valence-corrected chi connectivity index (χ4v) is 0. The summed E-state index contributed by atoms with van der Waals surface area (Å²) in [6, 6.07) is 0. The van der Waals surface area contributed by atoms with Crippen LogP contribution in [0.25, 0.3) is 0 Å². The summed E-state index contributed by atoms with van der Waals surface area (Å²) in [5.41, 5.74) is 0. The number of halogens is 1. The molecule has 0 unspecified atom stereocenters. The minimum atomic E-state index is -2.74. The Bertz CT molecular complexity index is 69.0. The lowest BCUT2D eigenvalue weighted by Crippen LogP contribution is -1.75. The molecule has 0 fully saturated rings. The first-order valence-corrected chi connectivity index (χ1v) is 1.74. The quantitative estimate of drug-likeness (QED) is 0.453. The van der Waals surface area contributed by atoms with Crippen LogP contribution in [0.15, 0.2) is 0 Å². The molecule has 0 aliphatic carbocycles. The molecule has 0 aliphatic heterocycles. The molecule has 1 nitrogen and oxygen atoms in total. The molecule has 0 aromatic carbocycles. The Labute approximate surface area is 44.8 Å². The van der Waals surface area contributed by atoms with E-state index in [4.69, 9.17) is 10.6 Å². The van der Waals surface area contributed by atoms with Crippen LogP contribution in [0, 0.1) is 0 Å². The number of hydrogen-bond donors (Lipinski definition) is 1. The molecule has 0 bridgehead atoms. The largest absolute Gasteiger partial charge is 0.396 e. The molecule has 0 rings (SSSR count). The summed E-state index contributed by atoms with van der Waals surface area (Å²) in [6.45, 7) is -2.74. The van der Waals surface area contributed by atoms with Crippen LogP contribution < -0.4 is 0 Å². The van der Waals surface area contributed by atoms with Crippen molar-refractivity contribution in [2.24, 2.45) is 0 Å². The zero-order valence-corrected chi connectivity index (χ0v) is 3.98. The second kappa shape index (κ2) is 3.69. The average Bonchev–Trinajstić information content (AvgIpc) is 1.25. The van der Waals surface area contributed by atoms with Gasteiger partial charge in [-0.3, -0.25) is 0 Å². The van der Waals surface area contributed by atoms with E-state index in [0.29, 0.717) is 0 Å². The smallest absolute Gasteiger partial charge is 0.0572 e. The lowest BCUT2D eigenvalue weighted by Gasteiger charge is -1.67. The highest BCUT2D eigenvalue weighted by atomic mass is 127. The summed E-state index contributed by atoms with van der Waals surface area (Å²) in [4.78, 5) is 0. The molecule has 0 saturated heterocycles. The monoisotopic (exact) mass is 176 g/mol. The van der Waals surface area contributed by atoms with Gasteiger partial charge in [-0.05, 0) is 0 Å². The van der Waals surface area contributed by atoms with E-state index in [9.17, 15) is 0 Å². The van der Waals surface area contributed by atoms with Crippen LogP contribution in [0.3, 0.4) is 0 Å². The maximum Gasteiger partial charge on any atom is 0.0572 e. The zero-order chi connectivity index (χ0) is 7.00. The zero-order valence-electron chi connectivity index (χ0n) is 5.83. The van der Waals surface area contributed by atoms with Gasteiger partial charge in [0.2, 0.25) is 0 Å². The molecule has 4 heavy (non-hydrogen) atoms. The van der Waals surface area contributed by atoms with Gasteiger partial charge < -0.3 is 5.11 Å². The Hall–Kier alpha value is 0.690. The molecule has 0 aromatic heterocycles. The lowest BCUT2D eigenvalue weighted by atomic mass is 10.9. The topological polar surface area (TPSA) is 20.2 Å². The highest BCUT2D eigenvalue weighted by molar-refractivity contribution is 14.1. The first kappa shape index (κ1) is 1.08. The fraction of sp³-hybridized carbons (Fsp3) is 1.00. The van der Waals surface area contributed by atoms with Gasteiger partial charge >= 0.3 is 0 Å². The standard InChI is InChI=1S/C2H5IO/c3-1-2-4/h4H,1-2H2/i1D2,2D2. The Balaban J connectivity index is 4.02. The van der Waals surface area contributed by atoms with Gasteiger partial charge in [-0.2, -0.15) is 0 Å². The SMILES string of the molecule is [2H]C([2H])(O)C([2H])([2H])I. The number of hydrogen-bond acceptors (Lipinski definition) is 1. The minimum absolute atomic E-state index is 1.19. The summed E-state index contributed by atoms with van der Waals surface area (Å²) in [6.07, 6.45) is 0. The van der Waals surface area contributed by atoms with Gasteiger partial charge in [0.15, 0.2) is 0 Å². The van der Waals surface area contributed by atoms with Crippen molar-refractivity contribution in [2.45, 2.75) is 0 Å². The van der Waals surface area contributed by atoms with E-state index in [1.807, 2.05) is 0 Å². The molecular formula is C2H5IO. The van der Waals surface area contributed by atoms with Gasteiger partial charge in [-0.15, -0.1) is 0 Å². The maximum absolute atomic E-state index is 8.30. The third-order valence-electron chi connectivity index (χ3n) is 0.0423. The van der Waals surface area contributed by atoms with E-state index < -0.39 is 10.9 Å². The van der Waals surface area contributed by atoms with Crippen molar-refractivity contribution in [1.82, 2.24) is 0 Å². The summed E-state index contributed by atoms with van der Waals surface area (Å²) in [5.74, 6) is 0. The normalized spacial score (nSPS) is 29.5. The molecule has 0 spiro atoms. The van der Waals surface area contributed by atoms with Gasteiger partial charge in [0.05, 0.1) is 9.30 Å². The highest BCUT2D eigenvalue weighted by Gasteiger charge is 1.59. The number of alkyl halides is 1. The van der Waals surface area contributed by atoms with Crippen molar-refractivity contribution >= 4 is 22.6 Å². The van der Waals surface area contributed by atoms with Crippen LogP contribution in [0.4, 0.5) is 0 Å². The second-order valence-electron chi connectivity index (χ2n) is 0.206. The predicted octanol–water partition coefficient (Wildman–Crippen LogP) is 0.414. The molecule has 26 valence electrons. The Kier molecular flexibility index (Phi) is 0.996. The predicted molar refractivity (Wildman–Crippen MR) is 26.0 cm³/mol. The molecule has 1 N–H and O–H groups in total. The van der Waals surface area contributed by atoms with Crippen molar-refractivity contribution in [3.8, 4) is 0 Å². The molecule has 2 heteroatoms. The van der Waals surface area contributed by atoms with Crippen LogP contribution in [0.2, 0.25) is 0 Å². The summed E-state index contributed by atoms with van der Waals surface area (Å²) in [7, 11) is 0. The molecule has 0 atom stereocenters. The van der Waals surface area contributed by atoms with Crippen LogP contribution in [0.5, 0.6) is 0 Å². The van der Waals surface area contributed by atoms with Gasteiger partial charge in [0.1, 0.15) is 0 Å². The third-order valence-corrected chi connectivity index (χ3v) is 0.283. The van der Waals surface area contributed by atoms with Crippen LogP contribution in [-0.4, -0.2) is 16.0 Å². The summed E-state index contributed by atoms with van der Waals surface area (Å²) in [5, 5.41) is 8.30. The second-order valence-corrected chi connectivity index (χ2v) is 0.746. The van der Waals surface area contributed by atoms with Crippen molar-refractivity contribution in [3.05, 3.63) is 0 Å². The van der Waals surface area contributed by atoms with Gasteiger partial charge in [-0.1, -0.05) is 22.6 Å². The van der Waals surface area contributed by atoms with Crippen molar-refractivity contribution in [3.63, 3.8) is 0 Å². The van der Waals surface area contributed by atoms with Crippen LogP contribution in [0.1, 0.15) is 5.48 Å². The molecule has 0 aliphatic rings. The Morgan fingerprint density at radius 2 is 2.50 bits per heavy atom. The van der Waals surface area contributed by atoms with Crippen LogP contribution >= 0.6 is 22.6 Å². The average molecular weight is 176 g/mol. The van der Waals surface area contributed by atoms with Crippen molar-refractivity contribution in [2.75, 3.05) is 10.9 Å². The van der Waals surface area contributed by atoms with E-state index >= 15 is 0 Å². The summed E-state index contributed by atoms with van der Waals surface area (Å²) >= 11 is 1.19. The molecule has 0 heterocycles. The minimum Gasteiger partial charge on any atom is -0.396 e. The summed E-state index contributed by atoms with van der Waals surface area (Å²) < 4.78 is 23.9. The lowest BCUT2D eigenvalue weighted by molar-refractivity contribution is 0.325. The molecule has 0 aromatic rings. The molecule has 0 amide bonds. The van der Waals surface area contributed by atoms with E-state index in [1.165, 1.54) is 22.6 Å². The maximum atomic E-state index is 8.30. The first-order valence-electron chi connectivity index (χ1n) is 2.66. The van der Waals surface area contributed by atoms with E-state index in [1.54, 1.807) is 0 Å². The number of rotatable bonds is 1. The Morgan fingerprint density at radius 3 is 2.50 bits per heavy atom. The van der Waals surface area contributed by atoms with Gasteiger partial charge in [0.25, 0.3) is 0 Å². The van der Waals surface area contributed by atoms with Crippen molar-refractivity contribution < 1.29 is 10.6 Å². The first-order chi connectivity index (χ1) is 3.25. The molecule has 0 saturated carbocycles. The number of aliphatic hydroxyl groups is 1. The fourth-order valence-electron chi connectivity index (χ4n) is 0. The third kappa shape index (κ3) is 2.69. The van der Waals surface area contributed by atoms with Gasteiger partial charge in [-0.25, -0.2) is 0 Å². The van der Waals surface area contributed by atoms with Crippen molar-refractivity contribution in [1.29, 1.82) is 0 Å². The Morgan fingerprint density at radius 1 is 2.25 bits per heavy atom. The highest BCUT2D eigenvalue weighted by Crippen LogP contribution is 1.71. The van der Waals surface area contributed by atoms with E-state index in [-0.39, 0.29) is 0 Å². The van der Waals surface area contributed by atoms with Crippen LogP contribution in [-0.2, 0) is 0 Å². The molecular weight excluding hydrogens is 167 g/mol. The van der Waals surface area contributed by atoms with E-state index in [2.05, 4.69) is 0 Å².